The molecule has 4 rings (SSSR count). The first-order valence-corrected chi connectivity index (χ1v) is 11.7. The Morgan fingerprint density at radius 2 is 2.12 bits per heavy atom. The molecule has 182 valence electrons. The predicted octanol–water partition coefficient (Wildman–Crippen LogP) is 2.96. The van der Waals surface area contributed by atoms with E-state index in [0.717, 1.165) is 0 Å². The van der Waals surface area contributed by atoms with Crippen LogP contribution in [0.1, 0.15) is 24.2 Å². The zero-order valence-electron chi connectivity index (χ0n) is 19.2. The van der Waals surface area contributed by atoms with Gasteiger partial charge in [-0.25, -0.2) is 9.78 Å². The number of aliphatic hydroxyl groups excluding tert-OH is 1. The molecule has 2 aromatic rings. The van der Waals surface area contributed by atoms with Gasteiger partial charge >= 0.3 is 6.03 Å². The molecule has 10 nitrogen and oxygen atoms in total. The van der Waals surface area contributed by atoms with Crippen molar-refractivity contribution in [2.75, 3.05) is 38.9 Å². The van der Waals surface area contributed by atoms with Gasteiger partial charge in [0, 0.05) is 41.9 Å². The maximum absolute atomic E-state index is 13.2. The third-order valence-corrected chi connectivity index (χ3v) is 6.35. The van der Waals surface area contributed by atoms with Crippen LogP contribution in [-0.2, 0) is 0 Å². The maximum atomic E-state index is 13.2. The molecule has 34 heavy (non-hydrogen) atoms. The van der Waals surface area contributed by atoms with E-state index in [-0.39, 0.29) is 49.7 Å². The molecule has 1 aromatic heterocycles. The molecule has 3 amide bonds. The normalized spacial score (nSPS) is 20.0. The summed E-state index contributed by atoms with van der Waals surface area (Å²) in [6.45, 7) is 4.34. The monoisotopic (exact) mass is 534 g/mol. The first-order valence-electron chi connectivity index (χ1n) is 10.9. The van der Waals surface area contributed by atoms with Gasteiger partial charge in [0.2, 0.25) is 12.7 Å². The third-order valence-electron chi connectivity index (χ3n) is 5.91. The number of rotatable bonds is 5. The fourth-order valence-electron chi connectivity index (χ4n) is 3.84. The lowest BCUT2D eigenvalue weighted by atomic mass is 10.0. The van der Waals surface area contributed by atoms with Crippen LogP contribution in [0.25, 0.3) is 0 Å². The van der Waals surface area contributed by atoms with Crippen molar-refractivity contribution in [3.05, 3.63) is 40.5 Å². The number of aromatic nitrogens is 1. The number of ether oxygens (including phenoxy) is 3. The molecule has 0 saturated heterocycles. The average molecular weight is 535 g/mol. The number of benzene rings is 1. The van der Waals surface area contributed by atoms with Gasteiger partial charge in [-0.05, 0) is 41.1 Å². The number of likely N-dealkylation sites (N-methyl/N-ethyl adjacent to an activating group) is 1. The molecular weight excluding hydrogens is 508 g/mol. The molecular formula is C23H27BrN4O6. The minimum atomic E-state index is -0.443. The van der Waals surface area contributed by atoms with Gasteiger partial charge in [0.25, 0.3) is 5.91 Å². The lowest BCUT2D eigenvalue weighted by Gasteiger charge is -2.37. The van der Waals surface area contributed by atoms with Gasteiger partial charge in [0.05, 0.1) is 19.2 Å². The molecule has 0 saturated carbocycles. The number of fused-ring (bicyclic) bond motifs is 2. The van der Waals surface area contributed by atoms with E-state index in [1.165, 1.54) is 4.90 Å². The number of anilines is 1. The van der Waals surface area contributed by atoms with Crippen LogP contribution in [0, 0.1) is 5.92 Å². The third kappa shape index (κ3) is 5.05. The topological polar surface area (TPSA) is 113 Å². The SMILES string of the molecule is C[C@@H]1CN([C@@H](C)CO)C(=O)c2cc(Br)cnc2O[C@H]1CN(C)C(=O)Nc1ccc2c(c1)OCO2. The summed E-state index contributed by atoms with van der Waals surface area (Å²) in [5.74, 6) is 1.01. The highest BCUT2D eigenvalue weighted by Crippen LogP contribution is 2.34. The van der Waals surface area contributed by atoms with E-state index in [1.54, 1.807) is 49.3 Å². The zero-order chi connectivity index (χ0) is 24.4. The van der Waals surface area contributed by atoms with E-state index >= 15 is 0 Å². The van der Waals surface area contributed by atoms with Gasteiger partial charge in [0.1, 0.15) is 11.7 Å². The Labute approximate surface area is 205 Å². The van der Waals surface area contributed by atoms with Crippen molar-refractivity contribution in [1.29, 1.82) is 0 Å². The molecule has 2 aliphatic heterocycles. The number of nitrogens with zero attached hydrogens (tertiary/aromatic N) is 3. The highest BCUT2D eigenvalue weighted by molar-refractivity contribution is 9.10. The van der Waals surface area contributed by atoms with Crippen molar-refractivity contribution in [2.24, 2.45) is 5.92 Å². The summed E-state index contributed by atoms with van der Waals surface area (Å²) in [5.41, 5.74) is 0.886. The minimum absolute atomic E-state index is 0.141. The van der Waals surface area contributed by atoms with Gasteiger partial charge < -0.3 is 34.4 Å². The molecule has 3 atom stereocenters. The molecule has 2 N–H and O–H groups in total. The fraction of sp³-hybridized carbons (Fsp3) is 0.435. The van der Waals surface area contributed by atoms with Crippen LogP contribution in [0.5, 0.6) is 17.4 Å². The van der Waals surface area contributed by atoms with Crippen LogP contribution in [-0.4, -0.2) is 77.5 Å². The van der Waals surface area contributed by atoms with Gasteiger partial charge in [0.15, 0.2) is 11.5 Å². The zero-order valence-corrected chi connectivity index (χ0v) is 20.7. The Kier molecular flexibility index (Phi) is 7.13. The molecule has 0 aliphatic carbocycles. The Bertz CT molecular complexity index is 1080. The number of nitrogens with one attached hydrogen (secondary N) is 1. The van der Waals surface area contributed by atoms with Gasteiger partial charge in [-0.1, -0.05) is 6.92 Å². The molecule has 0 fully saturated rings. The van der Waals surface area contributed by atoms with Gasteiger partial charge in [-0.15, -0.1) is 0 Å². The van der Waals surface area contributed by atoms with Crippen molar-refractivity contribution in [3.63, 3.8) is 0 Å². The first kappa shape index (κ1) is 24.1. The van der Waals surface area contributed by atoms with E-state index in [9.17, 15) is 14.7 Å². The smallest absolute Gasteiger partial charge is 0.321 e. The summed E-state index contributed by atoms with van der Waals surface area (Å²) in [6, 6.07) is 6.15. The van der Waals surface area contributed by atoms with Gasteiger partial charge in [-0.2, -0.15) is 0 Å². The Balaban J connectivity index is 1.52. The predicted molar refractivity (Wildman–Crippen MR) is 127 cm³/mol. The van der Waals surface area contributed by atoms with Crippen LogP contribution in [0.2, 0.25) is 0 Å². The van der Waals surface area contributed by atoms with E-state index in [1.807, 2.05) is 6.92 Å². The minimum Gasteiger partial charge on any atom is -0.472 e. The van der Waals surface area contributed by atoms with E-state index in [4.69, 9.17) is 14.2 Å². The Hall–Kier alpha value is -3.05. The molecule has 0 spiro atoms. The summed E-state index contributed by atoms with van der Waals surface area (Å²) in [5, 5.41) is 12.6. The molecule has 11 heteroatoms. The molecule has 3 heterocycles. The number of pyridine rings is 1. The number of hydrogen-bond donors (Lipinski definition) is 2. The molecule has 0 radical (unpaired) electrons. The quantitative estimate of drug-likeness (QED) is 0.606. The van der Waals surface area contributed by atoms with Crippen LogP contribution < -0.4 is 19.5 Å². The summed E-state index contributed by atoms with van der Waals surface area (Å²) in [7, 11) is 1.67. The second kappa shape index (κ2) is 10.1. The summed E-state index contributed by atoms with van der Waals surface area (Å²) < 4.78 is 17.5. The summed E-state index contributed by atoms with van der Waals surface area (Å²) >= 11 is 3.36. The number of halogens is 1. The van der Waals surface area contributed by atoms with Crippen LogP contribution in [0.4, 0.5) is 10.5 Å². The van der Waals surface area contributed by atoms with Crippen LogP contribution in [0.15, 0.2) is 34.9 Å². The van der Waals surface area contributed by atoms with Crippen molar-refractivity contribution >= 4 is 33.6 Å². The van der Waals surface area contributed by atoms with E-state index in [0.29, 0.717) is 33.8 Å². The maximum Gasteiger partial charge on any atom is 0.321 e. The summed E-state index contributed by atoms with van der Waals surface area (Å²) in [4.78, 5) is 33.5. The van der Waals surface area contributed by atoms with Crippen molar-refractivity contribution in [2.45, 2.75) is 26.0 Å². The standard InChI is InChI=1S/C23H27BrN4O6/c1-13-9-28(14(2)11-29)22(30)17-6-15(24)8-25-21(17)34-20(13)10-27(3)23(31)26-16-4-5-18-19(7-16)33-12-32-18/h4-8,13-14,20,29H,9-12H2,1-3H3,(H,26,31)/t13-,14+,20+/m1/s1. The molecule has 1 aromatic carbocycles. The highest BCUT2D eigenvalue weighted by Gasteiger charge is 2.34. The largest absolute Gasteiger partial charge is 0.472 e. The molecule has 0 bridgehead atoms. The van der Waals surface area contributed by atoms with E-state index in [2.05, 4.69) is 26.2 Å². The Morgan fingerprint density at radius 3 is 2.88 bits per heavy atom. The van der Waals surface area contributed by atoms with Crippen LogP contribution >= 0.6 is 15.9 Å². The van der Waals surface area contributed by atoms with Crippen LogP contribution in [0.3, 0.4) is 0 Å². The molecule has 2 aliphatic rings. The Morgan fingerprint density at radius 1 is 1.35 bits per heavy atom. The second-order valence-corrected chi connectivity index (χ2v) is 9.42. The van der Waals surface area contributed by atoms with Crippen molar-refractivity contribution in [1.82, 2.24) is 14.8 Å². The lowest BCUT2D eigenvalue weighted by Crippen LogP contribution is -2.50. The second-order valence-electron chi connectivity index (χ2n) is 8.51. The van der Waals surface area contributed by atoms with Crippen molar-refractivity contribution < 1.29 is 28.9 Å². The first-order chi connectivity index (χ1) is 16.3. The highest BCUT2D eigenvalue weighted by atomic mass is 79.9. The summed E-state index contributed by atoms with van der Waals surface area (Å²) in [6.07, 6.45) is 1.12. The van der Waals surface area contributed by atoms with Gasteiger partial charge in [-0.3, -0.25) is 4.79 Å². The fourth-order valence-corrected chi connectivity index (χ4v) is 4.17. The number of carbonyl (C=O) groups is 2. The number of amides is 3. The number of aliphatic hydroxyl groups is 1. The molecule has 0 unspecified atom stereocenters. The lowest BCUT2D eigenvalue weighted by molar-refractivity contribution is 0.0356. The number of carbonyl (C=O) groups excluding carboxylic acids is 2. The number of hydrogen-bond acceptors (Lipinski definition) is 7. The average Bonchev–Trinajstić information content (AvgIpc) is 3.29. The van der Waals surface area contributed by atoms with Crippen molar-refractivity contribution in [3.8, 4) is 17.4 Å². The van der Waals surface area contributed by atoms with E-state index < -0.39 is 6.10 Å². The number of urea groups is 1.